The third-order valence-corrected chi connectivity index (χ3v) is 20.3. The lowest BCUT2D eigenvalue weighted by Crippen LogP contribution is -2.32. The molecule has 0 spiro atoms. The average molecular weight is 1990 g/mol. The molecule has 11 aromatic rings. The zero-order chi connectivity index (χ0) is 104. The van der Waals surface area contributed by atoms with Crippen molar-refractivity contribution in [1.29, 1.82) is 0 Å². The van der Waals surface area contributed by atoms with Crippen molar-refractivity contribution in [3.05, 3.63) is 316 Å². The summed E-state index contributed by atoms with van der Waals surface area (Å²) in [5.74, 6) is 1.31. The van der Waals surface area contributed by atoms with E-state index in [-0.39, 0.29) is 48.1 Å². The summed E-state index contributed by atoms with van der Waals surface area (Å²) in [5, 5.41) is 104. The minimum Gasteiger partial charge on any atom is -0.497 e. The number of hydrogen-bond acceptors (Lipinski definition) is 28. The summed E-state index contributed by atoms with van der Waals surface area (Å²) in [6, 6.07) is 75.6. The fourth-order valence-electron chi connectivity index (χ4n) is 12.6. The van der Waals surface area contributed by atoms with Crippen molar-refractivity contribution >= 4 is 133 Å². The largest absolute Gasteiger partial charge is 0.497 e. The van der Waals surface area contributed by atoms with Gasteiger partial charge in [-0.25, -0.2) is 28.7 Å². The molecule has 28 nitrogen and oxygen atoms in total. The fourth-order valence-corrected chi connectivity index (χ4v) is 12.9. The number of rotatable bonds is 29. The van der Waals surface area contributed by atoms with Gasteiger partial charge in [0.2, 0.25) is 6.79 Å². The molecule has 1 atom stereocenters. The van der Waals surface area contributed by atoms with Crippen molar-refractivity contribution in [1.82, 2.24) is 9.97 Å². The maximum atomic E-state index is 13.5. The smallest absolute Gasteiger partial charge is 0.488 e. The van der Waals surface area contributed by atoms with Gasteiger partial charge in [0, 0.05) is 49.2 Å². The van der Waals surface area contributed by atoms with E-state index in [0.717, 1.165) is 66.2 Å². The van der Waals surface area contributed by atoms with Gasteiger partial charge in [0.1, 0.15) is 40.2 Å². The Hall–Kier alpha value is -12.0. The van der Waals surface area contributed by atoms with E-state index in [9.17, 15) is 23.6 Å². The Labute approximate surface area is 833 Å². The van der Waals surface area contributed by atoms with Crippen LogP contribution in [0.2, 0.25) is 0 Å². The average Bonchev–Trinajstić information content (AvgIpc) is 0.859. The third kappa shape index (κ3) is 44.7. The van der Waals surface area contributed by atoms with Crippen molar-refractivity contribution in [2.24, 2.45) is 0 Å². The molecule has 0 aliphatic carbocycles. The van der Waals surface area contributed by atoms with E-state index in [1.165, 1.54) is 18.2 Å². The number of aromatic nitrogens is 2. The summed E-state index contributed by atoms with van der Waals surface area (Å²) in [4.78, 5) is 65.3. The molecule has 0 unspecified atom stereocenters. The number of carbonyl (C=O) groups is 4. The quantitative estimate of drug-likeness (QED) is 0.00681. The van der Waals surface area contributed by atoms with E-state index in [2.05, 4.69) is 89.6 Å². The van der Waals surface area contributed by atoms with Crippen LogP contribution in [0.15, 0.2) is 265 Å². The lowest BCUT2D eigenvalue weighted by Gasteiger charge is -2.29. The SMILES string of the molecule is CC.CC.CCCCOC(=O)c1nc(N(Cc2ccccc2)C(C)C)ccc1/C=C/C(=O)OC(C)(C)C.CCCCOC(=O)c1nc(N(Cc2ccccc2)C(C)C)ccc1[C@@H](CC(=O)OC(C)(C)C)c1ccccc1.COc1ccc(B(O)O)cc1.OB(O)c1ccc(Br)c(F)c1.OB(O)c1ccc2c(c1)OCC2.OB(O)c1ccc2c(c1)OCO2.OB(O)c1ccccc1.OB(O)c1ccccc1. The van der Waals surface area contributed by atoms with Crippen molar-refractivity contribution in [3.8, 4) is 23.0 Å². The topological polar surface area (TPSA) is 417 Å². The summed E-state index contributed by atoms with van der Waals surface area (Å²) < 4.78 is 55.3. The first-order valence-electron chi connectivity index (χ1n) is 46.4. The second kappa shape index (κ2) is 64.4. The maximum absolute atomic E-state index is 13.5. The van der Waals surface area contributed by atoms with Gasteiger partial charge in [-0.15, -0.1) is 0 Å². The van der Waals surface area contributed by atoms with Gasteiger partial charge in [0.15, 0.2) is 22.9 Å². The molecule has 2 aliphatic rings. The Morgan fingerprint density at radius 2 is 0.864 bits per heavy atom. The van der Waals surface area contributed by atoms with Gasteiger partial charge >= 0.3 is 66.6 Å². The van der Waals surface area contributed by atoms with Crippen LogP contribution in [0.5, 0.6) is 23.0 Å². The number of halogens is 2. The highest BCUT2D eigenvalue weighted by Gasteiger charge is 2.31. The number of ether oxygens (including phenoxy) is 8. The van der Waals surface area contributed by atoms with Crippen molar-refractivity contribution in [2.75, 3.05) is 43.5 Å². The molecule has 2 aliphatic heterocycles. The highest BCUT2D eigenvalue weighted by Crippen LogP contribution is 2.35. The Morgan fingerprint density at radius 1 is 0.464 bits per heavy atom. The molecule has 9 aromatic carbocycles. The number of nitrogens with zero attached hydrogens (tertiary/aromatic N) is 4. The summed E-state index contributed by atoms with van der Waals surface area (Å²) in [6.45, 7) is 34.3. The van der Waals surface area contributed by atoms with Crippen LogP contribution >= 0.6 is 15.9 Å². The van der Waals surface area contributed by atoms with Gasteiger partial charge in [0.05, 0.1) is 37.8 Å². The van der Waals surface area contributed by atoms with Crippen LogP contribution in [-0.4, -0.2) is 194 Å². The molecule has 4 heterocycles. The Morgan fingerprint density at radius 3 is 1.30 bits per heavy atom. The van der Waals surface area contributed by atoms with E-state index >= 15 is 0 Å². The molecule has 0 saturated carbocycles. The molecule has 0 amide bonds. The first kappa shape index (κ1) is 120. The van der Waals surface area contributed by atoms with Crippen LogP contribution in [0.1, 0.15) is 203 Å². The second-order valence-electron chi connectivity index (χ2n) is 33.3. The molecule has 0 fully saturated rings. The number of fused-ring (bicyclic) bond motifs is 2. The summed E-state index contributed by atoms with van der Waals surface area (Å²) in [7, 11) is -7.00. The maximum Gasteiger partial charge on any atom is 0.488 e. The van der Waals surface area contributed by atoms with E-state index in [1.54, 1.807) is 143 Å². The second-order valence-corrected chi connectivity index (χ2v) is 34.2. The highest BCUT2D eigenvalue weighted by atomic mass is 79.9. The lowest BCUT2D eigenvalue weighted by atomic mass is 9.80. The number of carbonyl (C=O) groups excluding carboxylic acids is 4. The summed E-state index contributed by atoms with van der Waals surface area (Å²) >= 11 is 2.94. The molecule has 36 heteroatoms. The number of unbranched alkanes of at least 4 members (excludes halogenated alkanes) is 2. The Bertz CT molecular complexity index is 5330. The van der Waals surface area contributed by atoms with Crippen molar-refractivity contribution in [3.63, 3.8) is 0 Å². The van der Waals surface area contributed by atoms with Crippen LogP contribution in [0.25, 0.3) is 6.08 Å². The zero-order valence-electron chi connectivity index (χ0n) is 82.9. The van der Waals surface area contributed by atoms with E-state index in [1.807, 2.05) is 159 Å². The molecule has 140 heavy (non-hydrogen) atoms. The predicted octanol–water partition coefficient (Wildman–Crippen LogP) is 12.0. The van der Waals surface area contributed by atoms with E-state index in [0.29, 0.717) is 105 Å². The summed E-state index contributed by atoms with van der Waals surface area (Å²) in [5.41, 5.74) is 7.26. The molecular weight excluding hydrogens is 1850 g/mol. The van der Waals surface area contributed by atoms with Crippen LogP contribution in [0.3, 0.4) is 0 Å². The Kier molecular flexibility index (Phi) is 55.3. The van der Waals surface area contributed by atoms with E-state index in [4.69, 9.17) is 103 Å². The summed E-state index contributed by atoms with van der Waals surface area (Å²) in [6.07, 6.45) is 7.24. The minimum absolute atomic E-state index is 0.0788. The van der Waals surface area contributed by atoms with Crippen molar-refractivity contribution < 1.29 is 122 Å². The van der Waals surface area contributed by atoms with Gasteiger partial charge < -0.3 is 108 Å². The number of pyridine rings is 2. The molecule has 2 aromatic heterocycles. The third-order valence-electron chi connectivity index (χ3n) is 19.6. The number of esters is 4. The number of benzene rings is 9. The van der Waals surface area contributed by atoms with Gasteiger partial charge in [-0.1, -0.05) is 249 Å². The number of anilines is 2. The standard InChI is InChI=1S/C33H42N2O4.C27H36N2O4.C8H9BO3.C7H7BO4.C7H9BO3.C6H5BBrFO2.2C6H7BO2.2C2H6/c1-7-8-21-38-32(37)31-27(28(26-17-13-10-14-18-26)22-30(36)39-33(4,5)6)19-20-29(34-31)35(24(2)3)23-25-15-11-9-12-16-25;1-7-8-18-32-26(31)25-22(15-17-24(30)33-27(4,5)6)14-16-23(28-25)29(20(2)3)19-21-12-10-9-11-13-21;10-9(11)7-2-1-6-3-4-12-8(6)5-7;9-8(10)5-1-2-6-7(3-5)12-4-11-6;1-11-7-4-2-6(3-5-7)8(9)10;8-5-2-1-4(7(10)11)3-6(5)9;2*8-7(9)6-4-2-1-3-5-6;2*1-2/h9-20,24,28H,7-8,21-23H2,1-6H3;9-17,20H,7-8,18-19H2,1-6H3;1-2,5,10-11H,3-4H2;1-3,9-10H,4H2;2-5,9-10H,1H3;1-3,10-11H;2*1-5,8-9H;2*1-2H3/b;17-15+;;;;;;;;/t28-;;;;;;;;;/m0........./s1. The van der Waals surface area contributed by atoms with Gasteiger partial charge in [-0.05, 0) is 225 Å². The van der Waals surface area contributed by atoms with Crippen molar-refractivity contribution in [2.45, 2.75) is 192 Å². The van der Waals surface area contributed by atoms with Gasteiger partial charge in [-0.2, -0.15) is 0 Å². The highest BCUT2D eigenvalue weighted by molar-refractivity contribution is 9.10. The predicted molar refractivity (Wildman–Crippen MR) is 558 cm³/mol. The molecule has 0 saturated heterocycles. The van der Waals surface area contributed by atoms with Crippen LogP contribution in [-0.2, 0) is 48.0 Å². The van der Waals surface area contributed by atoms with E-state index < -0.39 is 83.6 Å². The molecule has 12 N–H and O–H groups in total. The monoisotopic (exact) mass is 1990 g/mol. The van der Waals surface area contributed by atoms with Gasteiger partial charge in [0.25, 0.3) is 0 Å². The first-order valence-corrected chi connectivity index (χ1v) is 47.1. The lowest BCUT2D eigenvalue weighted by molar-refractivity contribution is -0.155. The van der Waals surface area contributed by atoms with Crippen LogP contribution < -0.4 is 61.5 Å². The minimum atomic E-state index is -1.61. The molecule has 13 rings (SSSR count). The fraction of sp³-hybridized carbons (Fsp3) is 0.327. The van der Waals surface area contributed by atoms with Crippen LogP contribution in [0, 0.1) is 5.82 Å². The molecular formula is C104H134B6BrFN4O24. The molecule has 746 valence electrons. The molecule has 0 bridgehead atoms. The zero-order valence-corrected chi connectivity index (χ0v) is 84.5. The van der Waals surface area contributed by atoms with Gasteiger partial charge in [-0.3, -0.25) is 4.79 Å². The molecule has 0 radical (unpaired) electrons. The Balaban J connectivity index is 0.000000357. The normalized spacial score (nSPS) is 11.2. The first-order chi connectivity index (χ1) is 66.7. The number of methoxy groups -OCH3 is 1. The number of hydrogen-bond donors (Lipinski definition) is 12. The van der Waals surface area contributed by atoms with Crippen LogP contribution in [0.4, 0.5) is 16.0 Å².